The Hall–Kier alpha value is -1.06. The zero-order valence-electron chi connectivity index (χ0n) is 17.2. The van der Waals surface area contributed by atoms with Gasteiger partial charge in [0.15, 0.2) is 5.96 Å². The van der Waals surface area contributed by atoms with Crippen molar-refractivity contribution in [3.8, 4) is 0 Å². The van der Waals surface area contributed by atoms with Crippen LogP contribution >= 0.6 is 0 Å². The maximum atomic E-state index is 12.5. The smallest absolute Gasteiger partial charge is 0.379 e. The lowest BCUT2D eigenvalue weighted by atomic mass is 9.93. The fraction of sp³-hybridized carbons (Fsp3) is 0.947. The molecule has 1 unspecified atom stereocenters. The number of alkyl halides is 3. The molecule has 6 nitrogen and oxygen atoms in total. The molecule has 0 spiro atoms. The number of hydrogen-bond acceptors (Lipinski definition) is 4. The van der Waals surface area contributed by atoms with Crippen molar-refractivity contribution in [3.05, 3.63) is 0 Å². The Labute approximate surface area is 166 Å². The van der Waals surface area contributed by atoms with Crippen LogP contribution in [-0.4, -0.2) is 93.5 Å². The summed E-state index contributed by atoms with van der Waals surface area (Å²) >= 11 is 0. The number of ether oxygens (including phenoxy) is 1. The molecule has 2 fully saturated rings. The number of hydrogen-bond donors (Lipinski definition) is 2. The van der Waals surface area contributed by atoms with Crippen molar-refractivity contribution in [2.45, 2.75) is 45.3 Å². The zero-order chi connectivity index (χ0) is 20.4. The molecule has 2 aliphatic heterocycles. The minimum Gasteiger partial charge on any atom is -0.379 e. The first-order chi connectivity index (χ1) is 13.4. The monoisotopic (exact) mass is 407 g/mol. The van der Waals surface area contributed by atoms with Gasteiger partial charge in [-0.3, -0.25) is 14.8 Å². The number of piperidine rings is 1. The van der Waals surface area contributed by atoms with E-state index >= 15 is 0 Å². The predicted molar refractivity (Wildman–Crippen MR) is 106 cm³/mol. The standard InChI is InChI=1S/C19H36F3N5O/c1-3-23-18(25-14-16(2)27-10-12-28-13-11-27)24-7-4-17-5-8-26(9-6-17)15-19(20,21)22/h16-17H,3-15H2,1-2H3,(H2,23,24,25). The van der Waals surface area contributed by atoms with Gasteiger partial charge < -0.3 is 15.4 Å². The van der Waals surface area contributed by atoms with Gasteiger partial charge in [-0.1, -0.05) is 0 Å². The normalized spacial score (nSPS) is 22.2. The summed E-state index contributed by atoms with van der Waals surface area (Å²) < 4.78 is 42.8. The molecule has 164 valence electrons. The number of likely N-dealkylation sites (tertiary alicyclic amines) is 1. The Bertz CT molecular complexity index is 461. The molecule has 0 aromatic carbocycles. The summed E-state index contributed by atoms with van der Waals surface area (Å²) in [6.07, 6.45) is -1.47. The van der Waals surface area contributed by atoms with E-state index in [2.05, 4.69) is 22.5 Å². The van der Waals surface area contributed by atoms with Crippen LogP contribution in [0.2, 0.25) is 0 Å². The molecule has 1 atom stereocenters. The van der Waals surface area contributed by atoms with Gasteiger partial charge in [-0.05, 0) is 52.1 Å². The Morgan fingerprint density at radius 2 is 1.82 bits per heavy atom. The minimum absolute atomic E-state index is 0.373. The van der Waals surface area contributed by atoms with Crippen molar-refractivity contribution >= 4 is 5.96 Å². The number of morpholine rings is 1. The van der Waals surface area contributed by atoms with Crippen LogP contribution in [0.15, 0.2) is 4.99 Å². The Morgan fingerprint density at radius 3 is 2.43 bits per heavy atom. The van der Waals surface area contributed by atoms with Gasteiger partial charge in [0.25, 0.3) is 0 Å². The summed E-state index contributed by atoms with van der Waals surface area (Å²) in [6.45, 7) is 10.3. The van der Waals surface area contributed by atoms with E-state index in [0.29, 0.717) is 25.0 Å². The molecule has 2 rings (SSSR count). The van der Waals surface area contributed by atoms with Crippen LogP contribution in [0.1, 0.15) is 33.1 Å². The molecule has 2 N–H and O–H groups in total. The third-order valence-electron chi connectivity index (χ3n) is 5.48. The zero-order valence-corrected chi connectivity index (χ0v) is 17.2. The molecule has 0 aromatic rings. The second-order valence-electron chi connectivity index (χ2n) is 7.77. The fourth-order valence-electron chi connectivity index (χ4n) is 3.78. The molecule has 0 amide bonds. The summed E-state index contributed by atoms with van der Waals surface area (Å²) in [5.41, 5.74) is 0. The molecule has 0 aromatic heterocycles. The molecule has 2 aliphatic rings. The fourth-order valence-corrected chi connectivity index (χ4v) is 3.78. The van der Waals surface area contributed by atoms with Gasteiger partial charge in [-0.15, -0.1) is 0 Å². The van der Waals surface area contributed by atoms with Crippen molar-refractivity contribution in [2.24, 2.45) is 10.9 Å². The van der Waals surface area contributed by atoms with Gasteiger partial charge in [-0.25, -0.2) is 0 Å². The van der Waals surface area contributed by atoms with Gasteiger partial charge in [-0.2, -0.15) is 13.2 Å². The predicted octanol–water partition coefficient (Wildman–Crippen LogP) is 1.93. The van der Waals surface area contributed by atoms with Gasteiger partial charge >= 0.3 is 6.18 Å². The van der Waals surface area contributed by atoms with Gasteiger partial charge in [0, 0.05) is 32.2 Å². The van der Waals surface area contributed by atoms with Crippen LogP contribution in [0.3, 0.4) is 0 Å². The largest absolute Gasteiger partial charge is 0.401 e. The van der Waals surface area contributed by atoms with Crippen LogP contribution in [0.25, 0.3) is 0 Å². The van der Waals surface area contributed by atoms with Crippen LogP contribution in [0.5, 0.6) is 0 Å². The van der Waals surface area contributed by atoms with Crippen molar-refractivity contribution in [3.63, 3.8) is 0 Å². The molecule has 2 saturated heterocycles. The van der Waals surface area contributed by atoms with E-state index in [9.17, 15) is 13.2 Å². The summed E-state index contributed by atoms with van der Waals surface area (Å²) in [5.74, 6) is 1.30. The maximum absolute atomic E-state index is 12.5. The third-order valence-corrected chi connectivity index (χ3v) is 5.48. The highest BCUT2D eigenvalue weighted by Crippen LogP contribution is 2.23. The molecule has 0 aliphatic carbocycles. The summed E-state index contributed by atoms with van der Waals surface area (Å²) in [4.78, 5) is 8.61. The van der Waals surface area contributed by atoms with Crippen molar-refractivity contribution in [1.29, 1.82) is 0 Å². The highest BCUT2D eigenvalue weighted by molar-refractivity contribution is 5.79. The number of halogens is 3. The molecule has 0 bridgehead atoms. The molecular formula is C19H36F3N5O. The SMILES string of the molecule is CCNC(=NCC(C)N1CCOCC1)NCCC1CCN(CC(F)(F)F)CC1. The summed E-state index contributed by atoms with van der Waals surface area (Å²) in [7, 11) is 0. The van der Waals surface area contributed by atoms with Crippen molar-refractivity contribution in [2.75, 3.05) is 65.6 Å². The first-order valence-electron chi connectivity index (χ1n) is 10.5. The van der Waals surface area contributed by atoms with Crippen molar-refractivity contribution < 1.29 is 17.9 Å². The number of nitrogens with one attached hydrogen (secondary N) is 2. The highest BCUT2D eigenvalue weighted by atomic mass is 19.4. The highest BCUT2D eigenvalue weighted by Gasteiger charge is 2.32. The molecule has 2 heterocycles. The Kier molecular flexibility index (Phi) is 9.81. The lowest BCUT2D eigenvalue weighted by Crippen LogP contribution is -2.45. The average Bonchev–Trinajstić information content (AvgIpc) is 2.66. The van der Waals surface area contributed by atoms with E-state index in [4.69, 9.17) is 9.73 Å². The number of guanidine groups is 1. The van der Waals surface area contributed by atoms with Crippen molar-refractivity contribution in [1.82, 2.24) is 20.4 Å². The van der Waals surface area contributed by atoms with Gasteiger partial charge in [0.2, 0.25) is 0 Å². The molecule has 0 radical (unpaired) electrons. The lowest BCUT2D eigenvalue weighted by molar-refractivity contribution is -0.148. The first-order valence-corrected chi connectivity index (χ1v) is 10.5. The minimum atomic E-state index is -4.09. The molecule has 28 heavy (non-hydrogen) atoms. The second-order valence-corrected chi connectivity index (χ2v) is 7.77. The summed E-state index contributed by atoms with van der Waals surface area (Å²) in [6, 6.07) is 0.373. The van der Waals surface area contributed by atoms with E-state index < -0.39 is 12.7 Å². The molecular weight excluding hydrogens is 371 g/mol. The van der Waals surface area contributed by atoms with E-state index in [1.165, 1.54) is 4.90 Å². The maximum Gasteiger partial charge on any atom is 0.401 e. The Morgan fingerprint density at radius 1 is 1.14 bits per heavy atom. The van der Waals surface area contributed by atoms with Crippen LogP contribution in [-0.2, 0) is 4.74 Å². The first kappa shape index (κ1) is 23.2. The summed E-state index contributed by atoms with van der Waals surface area (Å²) in [5, 5.41) is 6.65. The van der Waals surface area contributed by atoms with E-state index in [1.807, 2.05) is 6.92 Å². The Balaban J connectivity index is 1.67. The van der Waals surface area contributed by atoms with Gasteiger partial charge in [0.1, 0.15) is 0 Å². The number of aliphatic imine (C=N–C) groups is 1. The second kappa shape index (κ2) is 11.8. The van der Waals surface area contributed by atoms with Crippen LogP contribution in [0, 0.1) is 5.92 Å². The van der Waals surface area contributed by atoms with Crippen LogP contribution < -0.4 is 10.6 Å². The molecule has 0 saturated carbocycles. The van der Waals surface area contributed by atoms with Gasteiger partial charge in [0.05, 0.1) is 26.3 Å². The van der Waals surface area contributed by atoms with E-state index in [1.54, 1.807) is 0 Å². The quantitative estimate of drug-likeness (QED) is 0.476. The van der Waals surface area contributed by atoms with E-state index in [-0.39, 0.29) is 0 Å². The molecule has 9 heteroatoms. The third kappa shape index (κ3) is 8.96. The number of nitrogens with zero attached hydrogens (tertiary/aromatic N) is 3. The van der Waals surface area contributed by atoms with Crippen LogP contribution in [0.4, 0.5) is 13.2 Å². The lowest BCUT2D eigenvalue weighted by Gasteiger charge is -2.32. The topological polar surface area (TPSA) is 52.1 Å². The number of rotatable bonds is 8. The average molecular weight is 408 g/mol. The van der Waals surface area contributed by atoms with E-state index in [0.717, 1.165) is 71.2 Å².